The van der Waals surface area contributed by atoms with Crippen molar-refractivity contribution in [3.8, 4) is 0 Å². The molecule has 0 atom stereocenters. The van der Waals surface area contributed by atoms with Crippen molar-refractivity contribution in [2.45, 2.75) is 0 Å². The van der Waals surface area contributed by atoms with E-state index < -0.39 is 0 Å². The molecule has 14 valence electrons. The normalized spacial score (nSPS) is 1.50. The summed E-state index contributed by atoms with van der Waals surface area (Å²) in [5, 5.41) is 0. The van der Waals surface area contributed by atoms with Crippen molar-refractivity contribution < 1.29 is 44.2 Å². The molecule has 0 N–H and O–H groups in total. The smallest absolute Gasteiger partial charge is 0 e. The van der Waals surface area contributed by atoms with Crippen molar-refractivity contribution in [3.63, 3.8) is 0 Å². The van der Waals surface area contributed by atoms with Gasteiger partial charge in [-0.05, 0) is 0 Å². The summed E-state index contributed by atoms with van der Waals surface area (Å²) < 4.78 is 8.38. The molecular formula is H2CaOZn2. The van der Waals surface area contributed by atoms with Gasteiger partial charge in [0.25, 0.3) is 0 Å². The Labute approximate surface area is 80.6 Å². The second-order valence-electron chi connectivity index (χ2n) is 0. The molecule has 4 heteroatoms. The number of hydrogen-bond donors (Lipinski definition) is 0. The summed E-state index contributed by atoms with van der Waals surface area (Å²) in [6.45, 7) is 0. The van der Waals surface area contributed by atoms with Crippen molar-refractivity contribution in [2.24, 2.45) is 0 Å². The minimum absolute atomic E-state index is 0. The number of rotatable bonds is 0. The predicted molar refractivity (Wildman–Crippen MR) is 8.66 cm³/mol. The van der Waals surface area contributed by atoms with Crippen LogP contribution < -0.4 is 0 Å². The standard InChI is InChI=1S/Ca.O.2Zn.2H/q+2;;;;2*-1. The summed E-state index contributed by atoms with van der Waals surface area (Å²) in [6, 6.07) is 0. The second-order valence-corrected chi connectivity index (χ2v) is 0. The zero-order valence-corrected chi connectivity index (χ0v) is 10.7. The van der Waals surface area contributed by atoms with E-state index in [2.05, 4.69) is 0 Å². The molecule has 0 aliphatic heterocycles. The summed E-state index contributed by atoms with van der Waals surface area (Å²) in [6.07, 6.45) is 0. The van der Waals surface area contributed by atoms with E-state index in [1.807, 2.05) is 0 Å². The van der Waals surface area contributed by atoms with Gasteiger partial charge in [-0.2, -0.15) is 0 Å². The van der Waals surface area contributed by atoms with Gasteiger partial charge < -0.3 is 2.85 Å². The first kappa shape index (κ1) is 16.2. The van der Waals surface area contributed by atoms with Crippen LogP contribution in [0.15, 0.2) is 0 Å². The van der Waals surface area contributed by atoms with Crippen molar-refractivity contribution in [2.75, 3.05) is 0 Å². The van der Waals surface area contributed by atoms with E-state index in [-0.39, 0.29) is 78.3 Å². The average molecular weight is 189 g/mol. The molecule has 0 amide bonds. The van der Waals surface area contributed by atoms with E-state index in [0.717, 1.165) is 0 Å². The minimum atomic E-state index is 0. The van der Waals surface area contributed by atoms with Gasteiger partial charge in [-0.15, -0.1) is 0 Å². The fourth-order valence-corrected chi connectivity index (χ4v) is 0. The molecule has 0 radical (unpaired) electrons. The van der Waals surface area contributed by atoms with Gasteiger partial charge >= 0.3 is 59.6 Å². The van der Waals surface area contributed by atoms with Crippen LogP contribution in [0.5, 0.6) is 0 Å². The summed E-state index contributed by atoms with van der Waals surface area (Å²) in [5.41, 5.74) is 0. The van der Waals surface area contributed by atoms with Gasteiger partial charge in [-0.25, -0.2) is 0 Å². The van der Waals surface area contributed by atoms with Crippen LogP contribution >= 0.6 is 0 Å². The first-order chi connectivity index (χ1) is 1.00. The van der Waals surface area contributed by atoms with E-state index in [9.17, 15) is 0 Å². The Morgan fingerprint density at radius 3 is 1.50 bits per heavy atom. The third-order valence-corrected chi connectivity index (χ3v) is 0. The van der Waals surface area contributed by atoms with Crippen LogP contribution in [0, 0.1) is 0 Å². The third-order valence-electron chi connectivity index (χ3n) is 0. The van der Waals surface area contributed by atoms with Crippen LogP contribution in [-0.4, -0.2) is 37.7 Å². The van der Waals surface area contributed by atoms with Gasteiger partial charge in [0.15, 0.2) is 0 Å². The Morgan fingerprint density at radius 2 is 1.50 bits per heavy atom. The van der Waals surface area contributed by atoms with Gasteiger partial charge in [0.2, 0.25) is 0 Å². The first-order valence-electron chi connectivity index (χ1n) is 0.289. The molecule has 0 aromatic carbocycles. The zero-order chi connectivity index (χ0) is 2.00. The van der Waals surface area contributed by atoms with E-state index in [1.54, 1.807) is 0 Å². The molecule has 0 fully saturated rings. The Balaban J connectivity index is -0.000000000833. The van der Waals surface area contributed by atoms with E-state index in [0.29, 0.717) is 0 Å². The van der Waals surface area contributed by atoms with E-state index >= 15 is 0 Å². The van der Waals surface area contributed by atoms with Gasteiger partial charge in [-0.3, -0.25) is 0 Å². The van der Waals surface area contributed by atoms with Crippen LogP contribution in [0.3, 0.4) is 0 Å². The zero-order valence-electron chi connectivity index (χ0n) is 4.53. The average Bonchev–Trinajstić information content (AvgIpc) is 1.00. The van der Waals surface area contributed by atoms with E-state index in [4.69, 9.17) is 3.57 Å². The molecule has 0 saturated carbocycles. The quantitative estimate of drug-likeness (QED) is 0.479. The van der Waals surface area contributed by atoms with Crippen molar-refractivity contribution >= 4 is 37.7 Å². The van der Waals surface area contributed by atoms with Gasteiger partial charge in [0.05, 0.1) is 0 Å². The maximum Gasteiger partial charge on any atom is 0 e. The Hall–Kier alpha value is 2.31. The fourth-order valence-electron chi connectivity index (χ4n) is 0. The number of hydrogen-bond acceptors (Lipinski definition) is 1. The van der Waals surface area contributed by atoms with Crippen LogP contribution in [0.25, 0.3) is 0 Å². The van der Waals surface area contributed by atoms with Crippen LogP contribution in [0.2, 0.25) is 0 Å². The Morgan fingerprint density at radius 1 is 1.50 bits per heavy atom. The van der Waals surface area contributed by atoms with Crippen LogP contribution in [0.1, 0.15) is 2.85 Å². The summed E-state index contributed by atoms with van der Waals surface area (Å²) in [4.78, 5) is 0. The first-order valence-corrected chi connectivity index (χ1v) is 1.50. The topological polar surface area (TPSA) is 17.1 Å². The molecule has 0 heterocycles. The SMILES string of the molecule is [Ca+2].[H-].[H-].[O]=[Zn].[Zn]. The minimum Gasteiger partial charge on any atom is 0 e. The Bertz CT molecular complexity index is 11.5. The molecule has 0 unspecified atom stereocenters. The van der Waals surface area contributed by atoms with Crippen molar-refractivity contribution in [1.29, 1.82) is 0 Å². The van der Waals surface area contributed by atoms with Gasteiger partial charge in [0, 0.05) is 19.5 Å². The molecule has 0 aliphatic carbocycles. The Kier molecular flexibility index (Phi) is 75.1. The molecule has 0 spiro atoms. The molecular weight excluding hydrogens is 187 g/mol. The molecule has 0 aliphatic rings. The second kappa shape index (κ2) is 18.5. The fraction of sp³-hybridized carbons (Fsp3) is 0. The molecule has 0 saturated heterocycles. The predicted octanol–water partition coefficient (Wildman–Crippen LogP) is -0.280. The maximum atomic E-state index is 8.38. The van der Waals surface area contributed by atoms with Crippen LogP contribution in [0.4, 0.5) is 0 Å². The molecule has 4 heavy (non-hydrogen) atoms. The monoisotopic (exact) mass is 186 g/mol. The summed E-state index contributed by atoms with van der Waals surface area (Å²) >= 11 is 0.125. The molecule has 0 aromatic rings. The molecule has 0 bridgehead atoms. The van der Waals surface area contributed by atoms with Crippen molar-refractivity contribution in [3.05, 3.63) is 0 Å². The summed E-state index contributed by atoms with van der Waals surface area (Å²) in [7, 11) is 0. The third kappa shape index (κ3) is 8.85. The summed E-state index contributed by atoms with van der Waals surface area (Å²) in [5.74, 6) is 0. The van der Waals surface area contributed by atoms with Gasteiger partial charge in [0.1, 0.15) is 0 Å². The van der Waals surface area contributed by atoms with Crippen LogP contribution in [-0.2, 0) is 41.3 Å². The molecule has 0 rings (SSSR count). The molecule has 1 nitrogen and oxygen atoms in total. The van der Waals surface area contributed by atoms with E-state index in [1.165, 1.54) is 0 Å². The van der Waals surface area contributed by atoms with Gasteiger partial charge in [-0.1, -0.05) is 0 Å². The van der Waals surface area contributed by atoms with Crippen molar-refractivity contribution in [1.82, 2.24) is 0 Å². The maximum absolute atomic E-state index is 8.38. The largest absolute Gasteiger partial charge is 0 e. The molecule has 0 aromatic heterocycles.